The summed E-state index contributed by atoms with van der Waals surface area (Å²) in [5, 5.41) is 2.93. The molecule has 6 nitrogen and oxygen atoms in total. The lowest BCUT2D eigenvalue weighted by Gasteiger charge is -2.35. The zero-order valence-corrected chi connectivity index (χ0v) is 14.1. The first-order valence-corrected chi connectivity index (χ1v) is 8.59. The Kier molecular flexibility index (Phi) is 5.50. The molecule has 1 atom stereocenters. The van der Waals surface area contributed by atoms with Gasteiger partial charge in [-0.05, 0) is 42.6 Å². The van der Waals surface area contributed by atoms with Crippen molar-refractivity contribution >= 4 is 11.8 Å². The number of furan rings is 1. The number of carbonyl (C=O) groups is 2. The number of fused-ring (bicyclic) bond motifs is 1. The molecular formula is C19H23N3O3. The van der Waals surface area contributed by atoms with Crippen LogP contribution in [0.4, 0.5) is 0 Å². The number of unbranched alkanes of at least 4 members (excludes halogenated alkanes) is 1. The lowest BCUT2D eigenvalue weighted by molar-refractivity contribution is -0.126. The summed E-state index contributed by atoms with van der Waals surface area (Å²) in [5.74, 6) is -0.145. The normalized spacial score (nSPS) is 16.4. The lowest BCUT2D eigenvalue weighted by atomic mass is 9.93. The van der Waals surface area contributed by atoms with Crippen molar-refractivity contribution in [2.24, 2.45) is 5.73 Å². The topological polar surface area (TPSA) is 88.6 Å². The molecule has 1 aromatic heterocycles. The van der Waals surface area contributed by atoms with Crippen molar-refractivity contribution in [1.82, 2.24) is 10.2 Å². The standard InChI is InChI=1S/C19H23N3O3/c20-9-3-4-10-21-18(23)16-12-14-6-1-2-7-15(14)13-22(16)19(24)17-8-5-11-25-17/h1-2,5-8,11,16H,3-4,9-10,12-13,20H2,(H,21,23). The summed E-state index contributed by atoms with van der Waals surface area (Å²) in [4.78, 5) is 27.1. The van der Waals surface area contributed by atoms with Crippen LogP contribution in [0, 0.1) is 0 Å². The number of nitrogens with zero attached hydrogens (tertiary/aromatic N) is 1. The Morgan fingerprint density at radius 1 is 1.16 bits per heavy atom. The number of hydrogen-bond acceptors (Lipinski definition) is 4. The van der Waals surface area contributed by atoms with Crippen molar-refractivity contribution in [2.75, 3.05) is 13.1 Å². The highest BCUT2D eigenvalue weighted by molar-refractivity contribution is 5.96. The largest absolute Gasteiger partial charge is 0.459 e. The summed E-state index contributed by atoms with van der Waals surface area (Å²) in [6.45, 7) is 1.57. The minimum atomic E-state index is -0.537. The molecule has 0 bridgehead atoms. The Bertz CT molecular complexity index is 727. The molecule has 132 valence electrons. The van der Waals surface area contributed by atoms with Crippen LogP contribution in [0.25, 0.3) is 0 Å². The highest BCUT2D eigenvalue weighted by Crippen LogP contribution is 2.25. The quantitative estimate of drug-likeness (QED) is 0.783. The van der Waals surface area contributed by atoms with Gasteiger partial charge in [0.05, 0.1) is 6.26 Å². The SMILES string of the molecule is NCCCCNC(=O)C1Cc2ccccc2CN1C(=O)c1ccco1. The van der Waals surface area contributed by atoms with Crippen molar-refractivity contribution < 1.29 is 14.0 Å². The first kappa shape index (κ1) is 17.2. The molecular weight excluding hydrogens is 318 g/mol. The van der Waals surface area contributed by atoms with Crippen LogP contribution in [-0.2, 0) is 17.8 Å². The predicted octanol–water partition coefficient (Wildman–Crippen LogP) is 1.70. The molecule has 1 aliphatic rings. The fourth-order valence-corrected chi connectivity index (χ4v) is 3.11. The number of nitrogens with two attached hydrogens (primary N) is 1. The van der Waals surface area contributed by atoms with E-state index in [1.54, 1.807) is 17.0 Å². The number of benzene rings is 1. The molecule has 1 aliphatic heterocycles. The summed E-state index contributed by atoms with van der Waals surface area (Å²) in [6, 6.07) is 10.7. The van der Waals surface area contributed by atoms with E-state index < -0.39 is 6.04 Å². The Morgan fingerprint density at radius 3 is 2.68 bits per heavy atom. The maximum Gasteiger partial charge on any atom is 0.290 e. The molecule has 2 amide bonds. The molecule has 0 saturated carbocycles. The third-order valence-corrected chi connectivity index (χ3v) is 4.47. The average molecular weight is 341 g/mol. The lowest BCUT2D eigenvalue weighted by Crippen LogP contribution is -2.52. The Hall–Kier alpha value is -2.60. The van der Waals surface area contributed by atoms with Crippen molar-refractivity contribution in [3.63, 3.8) is 0 Å². The number of amides is 2. The third-order valence-electron chi connectivity index (χ3n) is 4.47. The van der Waals surface area contributed by atoms with Gasteiger partial charge in [-0.3, -0.25) is 9.59 Å². The van der Waals surface area contributed by atoms with Gasteiger partial charge in [0.25, 0.3) is 5.91 Å². The molecule has 2 aromatic rings. The van der Waals surface area contributed by atoms with E-state index in [4.69, 9.17) is 10.2 Å². The van der Waals surface area contributed by atoms with E-state index in [0.29, 0.717) is 26.1 Å². The minimum absolute atomic E-state index is 0.133. The van der Waals surface area contributed by atoms with Crippen LogP contribution in [0.5, 0.6) is 0 Å². The van der Waals surface area contributed by atoms with Crippen LogP contribution in [0.15, 0.2) is 47.1 Å². The first-order chi connectivity index (χ1) is 12.2. The predicted molar refractivity (Wildman–Crippen MR) is 93.8 cm³/mol. The van der Waals surface area contributed by atoms with E-state index in [9.17, 15) is 9.59 Å². The molecule has 0 saturated heterocycles. The molecule has 1 unspecified atom stereocenters. The molecule has 2 heterocycles. The fraction of sp³-hybridized carbons (Fsp3) is 0.368. The van der Waals surface area contributed by atoms with Crippen LogP contribution < -0.4 is 11.1 Å². The van der Waals surface area contributed by atoms with E-state index in [1.165, 1.54) is 6.26 Å². The maximum atomic E-state index is 12.8. The molecule has 1 aromatic carbocycles. The van der Waals surface area contributed by atoms with E-state index in [0.717, 1.165) is 24.0 Å². The molecule has 0 aliphatic carbocycles. The summed E-state index contributed by atoms with van der Waals surface area (Å²) >= 11 is 0. The molecule has 3 N–H and O–H groups in total. The van der Waals surface area contributed by atoms with Gasteiger partial charge < -0.3 is 20.4 Å². The van der Waals surface area contributed by atoms with E-state index >= 15 is 0 Å². The number of carbonyl (C=O) groups excluding carboxylic acids is 2. The molecule has 6 heteroatoms. The van der Waals surface area contributed by atoms with Gasteiger partial charge in [-0.1, -0.05) is 24.3 Å². The summed E-state index contributed by atoms with van der Waals surface area (Å²) in [7, 11) is 0. The summed E-state index contributed by atoms with van der Waals surface area (Å²) < 4.78 is 5.24. The number of rotatable bonds is 6. The van der Waals surface area contributed by atoms with Crippen LogP contribution in [0.2, 0.25) is 0 Å². The van der Waals surface area contributed by atoms with Crippen LogP contribution in [0.1, 0.15) is 34.5 Å². The van der Waals surface area contributed by atoms with Gasteiger partial charge >= 0.3 is 0 Å². The number of hydrogen-bond donors (Lipinski definition) is 2. The molecule has 0 radical (unpaired) electrons. The molecule has 0 fully saturated rings. The average Bonchev–Trinajstić information content (AvgIpc) is 3.18. The zero-order valence-electron chi connectivity index (χ0n) is 14.1. The van der Waals surface area contributed by atoms with Crippen molar-refractivity contribution in [2.45, 2.75) is 31.8 Å². The van der Waals surface area contributed by atoms with Gasteiger partial charge in [0.15, 0.2) is 5.76 Å². The van der Waals surface area contributed by atoms with Crippen molar-refractivity contribution in [3.05, 3.63) is 59.5 Å². The highest BCUT2D eigenvalue weighted by atomic mass is 16.3. The summed E-state index contributed by atoms with van der Waals surface area (Å²) in [6.07, 6.45) is 3.67. The van der Waals surface area contributed by atoms with Gasteiger partial charge in [0.1, 0.15) is 6.04 Å². The van der Waals surface area contributed by atoms with E-state index in [-0.39, 0.29) is 17.6 Å². The zero-order chi connectivity index (χ0) is 17.6. The van der Waals surface area contributed by atoms with Gasteiger partial charge in [-0.2, -0.15) is 0 Å². The summed E-state index contributed by atoms with van der Waals surface area (Å²) in [5.41, 5.74) is 7.65. The van der Waals surface area contributed by atoms with Gasteiger partial charge in [-0.15, -0.1) is 0 Å². The van der Waals surface area contributed by atoms with Gasteiger partial charge in [0.2, 0.25) is 5.91 Å². The molecule has 3 rings (SSSR count). The Morgan fingerprint density at radius 2 is 1.96 bits per heavy atom. The van der Waals surface area contributed by atoms with E-state index in [2.05, 4.69) is 5.32 Å². The van der Waals surface area contributed by atoms with Crippen LogP contribution in [0.3, 0.4) is 0 Å². The highest BCUT2D eigenvalue weighted by Gasteiger charge is 2.35. The van der Waals surface area contributed by atoms with E-state index in [1.807, 2.05) is 24.3 Å². The smallest absolute Gasteiger partial charge is 0.290 e. The second kappa shape index (κ2) is 7.98. The second-order valence-corrected chi connectivity index (χ2v) is 6.19. The van der Waals surface area contributed by atoms with Crippen molar-refractivity contribution in [3.8, 4) is 0 Å². The second-order valence-electron chi connectivity index (χ2n) is 6.19. The third kappa shape index (κ3) is 3.91. The van der Waals surface area contributed by atoms with Crippen molar-refractivity contribution in [1.29, 1.82) is 0 Å². The van der Waals surface area contributed by atoms with Crippen LogP contribution in [-0.4, -0.2) is 35.8 Å². The monoisotopic (exact) mass is 341 g/mol. The number of nitrogens with one attached hydrogen (secondary N) is 1. The Labute approximate surface area is 147 Å². The van der Waals surface area contributed by atoms with Gasteiger partial charge in [-0.25, -0.2) is 0 Å². The Balaban J connectivity index is 1.79. The van der Waals surface area contributed by atoms with Crippen LogP contribution >= 0.6 is 0 Å². The van der Waals surface area contributed by atoms with Gasteiger partial charge in [0, 0.05) is 19.5 Å². The molecule has 0 spiro atoms. The first-order valence-electron chi connectivity index (χ1n) is 8.59. The molecule has 25 heavy (non-hydrogen) atoms. The fourth-order valence-electron chi connectivity index (χ4n) is 3.11. The maximum absolute atomic E-state index is 12.8. The minimum Gasteiger partial charge on any atom is -0.459 e.